The van der Waals surface area contributed by atoms with Crippen molar-refractivity contribution in [2.45, 2.75) is 45.2 Å². The second-order valence-corrected chi connectivity index (χ2v) is 5.94. The van der Waals surface area contributed by atoms with Crippen LogP contribution in [0.5, 0.6) is 0 Å². The van der Waals surface area contributed by atoms with E-state index in [1.807, 2.05) is 18.2 Å². The number of rotatable bonds is 6. The zero-order chi connectivity index (χ0) is 14.5. The summed E-state index contributed by atoms with van der Waals surface area (Å²) in [5.41, 5.74) is 8.48. The molecule has 0 aliphatic rings. The largest absolute Gasteiger partial charge is 0.324 e. The normalized spacial score (nSPS) is 12.8. The summed E-state index contributed by atoms with van der Waals surface area (Å²) < 4.78 is 3.13. The molecular weight excluding hydrogens is 314 g/mol. The molecule has 0 radical (unpaired) electrons. The van der Waals surface area contributed by atoms with Crippen LogP contribution in [-0.2, 0) is 6.42 Å². The summed E-state index contributed by atoms with van der Waals surface area (Å²) in [6.07, 6.45) is 5.04. The van der Waals surface area contributed by atoms with Gasteiger partial charge in [-0.25, -0.2) is 0 Å². The fourth-order valence-corrected chi connectivity index (χ4v) is 3.04. The van der Waals surface area contributed by atoms with E-state index in [1.165, 1.54) is 0 Å². The summed E-state index contributed by atoms with van der Waals surface area (Å²) in [5, 5.41) is 4.67. The Labute approximate surface area is 129 Å². The van der Waals surface area contributed by atoms with Gasteiger partial charge in [-0.1, -0.05) is 48.0 Å². The molecule has 0 spiro atoms. The zero-order valence-corrected chi connectivity index (χ0v) is 13.7. The monoisotopic (exact) mass is 335 g/mol. The van der Waals surface area contributed by atoms with Crippen molar-refractivity contribution in [2.24, 2.45) is 5.73 Å². The van der Waals surface area contributed by atoms with Gasteiger partial charge in [0.15, 0.2) is 0 Å². The molecule has 0 saturated heterocycles. The van der Waals surface area contributed by atoms with Crippen molar-refractivity contribution >= 4 is 15.9 Å². The highest BCUT2D eigenvalue weighted by molar-refractivity contribution is 9.10. The third-order valence-electron chi connectivity index (χ3n) is 3.71. The van der Waals surface area contributed by atoms with Gasteiger partial charge in [0.1, 0.15) is 0 Å². The van der Waals surface area contributed by atoms with Gasteiger partial charge in [0.05, 0.1) is 11.7 Å². The Bertz CT molecular complexity index is 546. The van der Waals surface area contributed by atoms with E-state index in [-0.39, 0.29) is 6.04 Å². The molecule has 1 unspecified atom stereocenters. The summed E-state index contributed by atoms with van der Waals surface area (Å²) in [4.78, 5) is 0. The summed E-state index contributed by atoms with van der Waals surface area (Å²) in [6, 6.07) is 10.6. The molecule has 1 atom stereocenters. The molecule has 2 N–H and O–H groups in total. The topological polar surface area (TPSA) is 43.8 Å². The number of aromatic nitrogens is 2. The Kier molecular flexibility index (Phi) is 5.38. The maximum atomic E-state index is 6.30. The molecule has 0 amide bonds. The summed E-state index contributed by atoms with van der Waals surface area (Å²) in [5.74, 6) is 0. The molecule has 4 heteroatoms. The smallest absolute Gasteiger partial charge is 0.0643 e. The Hall–Kier alpha value is -1.13. The van der Waals surface area contributed by atoms with E-state index in [4.69, 9.17) is 5.73 Å². The SMILES string of the molecule is CCC(CC)n1ccc(CC(N)c2ccccc2Br)n1. The van der Waals surface area contributed by atoms with E-state index >= 15 is 0 Å². The lowest BCUT2D eigenvalue weighted by atomic mass is 10.0. The first-order chi connectivity index (χ1) is 9.65. The van der Waals surface area contributed by atoms with Gasteiger partial charge >= 0.3 is 0 Å². The number of hydrogen-bond donors (Lipinski definition) is 1. The number of nitrogens with two attached hydrogens (primary N) is 1. The van der Waals surface area contributed by atoms with E-state index in [0.717, 1.165) is 35.0 Å². The van der Waals surface area contributed by atoms with Gasteiger partial charge < -0.3 is 5.73 Å². The summed E-state index contributed by atoms with van der Waals surface area (Å²) in [7, 11) is 0. The lowest BCUT2D eigenvalue weighted by Crippen LogP contribution is -2.15. The molecule has 1 aromatic carbocycles. The maximum absolute atomic E-state index is 6.30. The highest BCUT2D eigenvalue weighted by Crippen LogP contribution is 2.24. The lowest BCUT2D eigenvalue weighted by Gasteiger charge is -2.14. The van der Waals surface area contributed by atoms with E-state index in [2.05, 4.69) is 57.9 Å². The van der Waals surface area contributed by atoms with Crippen LogP contribution in [0.4, 0.5) is 0 Å². The van der Waals surface area contributed by atoms with Crippen LogP contribution in [0.2, 0.25) is 0 Å². The van der Waals surface area contributed by atoms with Crippen molar-refractivity contribution < 1.29 is 0 Å². The standard InChI is InChI=1S/C16H22BrN3/c1-3-13(4-2)20-10-9-12(19-20)11-16(18)14-7-5-6-8-15(14)17/h5-10,13,16H,3-4,11,18H2,1-2H3. The number of halogens is 1. The van der Waals surface area contributed by atoms with Gasteiger partial charge in [-0.3, -0.25) is 4.68 Å². The predicted molar refractivity (Wildman–Crippen MR) is 86.6 cm³/mol. The average Bonchev–Trinajstić information content (AvgIpc) is 2.89. The fourth-order valence-electron chi connectivity index (χ4n) is 2.46. The minimum atomic E-state index is -0.0318. The molecule has 0 bridgehead atoms. The van der Waals surface area contributed by atoms with Crippen molar-refractivity contribution in [3.05, 3.63) is 52.3 Å². The highest BCUT2D eigenvalue weighted by atomic mass is 79.9. The van der Waals surface area contributed by atoms with E-state index in [9.17, 15) is 0 Å². The first-order valence-electron chi connectivity index (χ1n) is 7.19. The summed E-state index contributed by atoms with van der Waals surface area (Å²) in [6.45, 7) is 4.39. The number of hydrogen-bond acceptors (Lipinski definition) is 2. The second kappa shape index (κ2) is 7.04. The Morgan fingerprint density at radius 1 is 1.20 bits per heavy atom. The van der Waals surface area contributed by atoms with Crippen molar-refractivity contribution in [3.8, 4) is 0 Å². The van der Waals surface area contributed by atoms with E-state index in [1.54, 1.807) is 0 Å². The number of nitrogens with zero attached hydrogens (tertiary/aromatic N) is 2. The highest BCUT2D eigenvalue weighted by Gasteiger charge is 2.13. The van der Waals surface area contributed by atoms with Crippen LogP contribution in [0.15, 0.2) is 41.0 Å². The molecule has 3 nitrogen and oxygen atoms in total. The molecule has 0 aliphatic carbocycles. The van der Waals surface area contributed by atoms with Gasteiger partial charge in [0, 0.05) is 23.1 Å². The van der Waals surface area contributed by atoms with Crippen LogP contribution in [0.1, 0.15) is 50.0 Å². The maximum Gasteiger partial charge on any atom is 0.0643 e. The second-order valence-electron chi connectivity index (χ2n) is 5.09. The van der Waals surface area contributed by atoms with Crippen LogP contribution in [0.25, 0.3) is 0 Å². The molecule has 20 heavy (non-hydrogen) atoms. The quantitative estimate of drug-likeness (QED) is 0.857. The molecule has 0 saturated carbocycles. The Morgan fingerprint density at radius 2 is 1.90 bits per heavy atom. The van der Waals surface area contributed by atoms with Crippen molar-refractivity contribution in [1.29, 1.82) is 0 Å². The lowest BCUT2D eigenvalue weighted by molar-refractivity contribution is 0.424. The molecule has 2 rings (SSSR count). The summed E-state index contributed by atoms with van der Waals surface area (Å²) >= 11 is 3.56. The molecule has 108 valence electrons. The predicted octanol–water partition coefficient (Wildman–Crippen LogP) is 4.25. The van der Waals surface area contributed by atoms with Crippen LogP contribution in [0, 0.1) is 0 Å². The third kappa shape index (κ3) is 3.49. The van der Waals surface area contributed by atoms with Crippen LogP contribution < -0.4 is 5.73 Å². The molecule has 1 heterocycles. The Morgan fingerprint density at radius 3 is 2.55 bits per heavy atom. The molecule has 2 aromatic rings. The van der Waals surface area contributed by atoms with Crippen LogP contribution >= 0.6 is 15.9 Å². The average molecular weight is 336 g/mol. The minimum Gasteiger partial charge on any atom is -0.324 e. The Balaban J connectivity index is 2.09. The van der Waals surface area contributed by atoms with Crippen LogP contribution in [0.3, 0.4) is 0 Å². The first kappa shape index (κ1) is 15.3. The molecular formula is C16H22BrN3. The van der Waals surface area contributed by atoms with E-state index in [0.29, 0.717) is 6.04 Å². The van der Waals surface area contributed by atoms with Gasteiger partial charge in [0.25, 0.3) is 0 Å². The zero-order valence-electron chi connectivity index (χ0n) is 12.1. The van der Waals surface area contributed by atoms with Crippen molar-refractivity contribution in [3.63, 3.8) is 0 Å². The fraction of sp³-hybridized carbons (Fsp3) is 0.438. The molecule has 1 aromatic heterocycles. The van der Waals surface area contributed by atoms with Crippen molar-refractivity contribution in [2.75, 3.05) is 0 Å². The van der Waals surface area contributed by atoms with Gasteiger partial charge in [-0.05, 0) is 30.5 Å². The van der Waals surface area contributed by atoms with Crippen LogP contribution in [-0.4, -0.2) is 9.78 Å². The van der Waals surface area contributed by atoms with Gasteiger partial charge in [-0.15, -0.1) is 0 Å². The van der Waals surface area contributed by atoms with Gasteiger partial charge in [-0.2, -0.15) is 5.10 Å². The van der Waals surface area contributed by atoms with Gasteiger partial charge in [0.2, 0.25) is 0 Å². The van der Waals surface area contributed by atoms with Crippen molar-refractivity contribution in [1.82, 2.24) is 9.78 Å². The third-order valence-corrected chi connectivity index (χ3v) is 4.44. The first-order valence-corrected chi connectivity index (χ1v) is 7.99. The molecule has 0 fully saturated rings. The molecule has 0 aliphatic heterocycles. The number of benzene rings is 1. The minimum absolute atomic E-state index is 0.0318. The van der Waals surface area contributed by atoms with E-state index < -0.39 is 0 Å².